The molecule has 2 saturated heterocycles. The van der Waals surface area contributed by atoms with Crippen molar-refractivity contribution in [1.82, 2.24) is 9.80 Å². The van der Waals surface area contributed by atoms with Crippen LogP contribution in [0, 0.1) is 0 Å². The molecule has 0 N–H and O–H groups in total. The normalized spacial score (nSPS) is 26.7. The van der Waals surface area contributed by atoms with Crippen LogP contribution in [0.25, 0.3) is 0 Å². The number of nitrogens with zero attached hydrogens (tertiary/aromatic N) is 2. The third kappa shape index (κ3) is 4.11. The molecule has 2 aromatic carbocycles. The van der Waals surface area contributed by atoms with E-state index in [0.29, 0.717) is 0 Å². The van der Waals surface area contributed by atoms with Gasteiger partial charge < -0.3 is 4.74 Å². The van der Waals surface area contributed by atoms with Gasteiger partial charge in [0.05, 0.1) is 11.1 Å². The van der Waals surface area contributed by atoms with Gasteiger partial charge in [0.2, 0.25) is 0 Å². The van der Waals surface area contributed by atoms with Gasteiger partial charge in [-0.2, -0.15) is 0 Å². The van der Waals surface area contributed by atoms with Crippen molar-refractivity contribution < 1.29 is 4.74 Å². The lowest BCUT2D eigenvalue weighted by molar-refractivity contribution is -0.131. The summed E-state index contributed by atoms with van der Waals surface area (Å²) in [6.45, 7) is 10.9. The van der Waals surface area contributed by atoms with Crippen LogP contribution in [0.1, 0.15) is 37.8 Å². The molecular weight excluding hydrogens is 332 g/mol. The molecule has 2 fully saturated rings. The molecule has 0 aliphatic carbocycles. The van der Waals surface area contributed by atoms with Gasteiger partial charge in [0.1, 0.15) is 0 Å². The standard InChI is InChI=1S/C24H32N2O/c1-23(2)20-24(13-18-27-23,22-11-7-4-8-12-22)26-16-14-25(15-17-26)19-21-9-5-3-6-10-21/h3-12H,13-20H2,1-2H3. The molecule has 144 valence electrons. The van der Waals surface area contributed by atoms with Gasteiger partial charge in [0, 0.05) is 39.3 Å². The van der Waals surface area contributed by atoms with Crippen molar-refractivity contribution >= 4 is 0 Å². The average molecular weight is 365 g/mol. The topological polar surface area (TPSA) is 15.7 Å². The predicted octanol–water partition coefficient (Wildman–Crippen LogP) is 4.29. The summed E-state index contributed by atoms with van der Waals surface area (Å²) >= 11 is 0. The van der Waals surface area contributed by atoms with Gasteiger partial charge in [0.25, 0.3) is 0 Å². The number of hydrogen-bond acceptors (Lipinski definition) is 3. The summed E-state index contributed by atoms with van der Waals surface area (Å²) in [7, 11) is 0. The largest absolute Gasteiger partial charge is 0.375 e. The van der Waals surface area contributed by atoms with Crippen molar-refractivity contribution in [1.29, 1.82) is 0 Å². The van der Waals surface area contributed by atoms with E-state index in [1.54, 1.807) is 0 Å². The molecule has 2 aromatic rings. The summed E-state index contributed by atoms with van der Waals surface area (Å²) in [6.07, 6.45) is 2.14. The fourth-order valence-corrected chi connectivity index (χ4v) is 4.96. The van der Waals surface area contributed by atoms with E-state index in [1.807, 2.05) is 0 Å². The first-order chi connectivity index (χ1) is 13.1. The monoisotopic (exact) mass is 364 g/mol. The lowest BCUT2D eigenvalue weighted by atomic mass is 9.74. The Morgan fingerprint density at radius 2 is 1.48 bits per heavy atom. The molecule has 1 unspecified atom stereocenters. The Kier molecular flexibility index (Phi) is 5.36. The third-order valence-corrected chi connectivity index (χ3v) is 6.26. The van der Waals surface area contributed by atoms with Crippen molar-refractivity contribution in [3.63, 3.8) is 0 Å². The summed E-state index contributed by atoms with van der Waals surface area (Å²) in [5.41, 5.74) is 2.89. The van der Waals surface area contributed by atoms with Crippen molar-refractivity contribution in [2.75, 3.05) is 32.8 Å². The van der Waals surface area contributed by atoms with Gasteiger partial charge >= 0.3 is 0 Å². The second-order valence-corrected chi connectivity index (χ2v) is 8.68. The molecule has 3 heteroatoms. The second kappa shape index (κ2) is 7.75. The number of piperazine rings is 1. The molecule has 2 aliphatic rings. The second-order valence-electron chi connectivity index (χ2n) is 8.68. The minimum atomic E-state index is -0.0741. The molecule has 0 saturated carbocycles. The Morgan fingerprint density at radius 3 is 2.11 bits per heavy atom. The Bertz CT molecular complexity index is 723. The first-order valence-corrected chi connectivity index (χ1v) is 10.3. The van der Waals surface area contributed by atoms with Crippen molar-refractivity contribution in [2.24, 2.45) is 0 Å². The number of benzene rings is 2. The highest BCUT2D eigenvalue weighted by Gasteiger charge is 2.46. The van der Waals surface area contributed by atoms with Crippen LogP contribution in [0.5, 0.6) is 0 Å². The zero-order valence-electron chi connectivity index (χ0n) is 16.7. The van der Waals surface area contributed by atoms with Gasteiger partial charge in [-0.3, -0.25) is 9.80 Å². The van der Waals surface area contributed by atoms with E-state index in [-0.39, 0.29) is 11.1 Å². The molecule has 0 radical (unpaired) electrons. The zero-order chi connectivity index (χ0) is 18.7. The predicted molar refractivity (Wildman–Crippen MR) is 111 cm³/mol. The van der Waals surface area contributed by atoms with Crippen LogP contribution in [0.3, 0.4) is 0 Å². The van der Waals surface area contributed by atoms with Crippen LogP contribution >= 0.6 is 0 Å². The van der Waals surface area contributed by atoms with Crippen LogP contribution in [-0.4, -0.2) is 48.2 Å². The van der Waals surface area contributed by atoms with Gasteiger partial charge in [-0.25, -0.2) is 0 Å². The maximum Gasteiger partial charge on any atom is 0.0647 e. The summed E-state index contributed by atoms with van der Waals surface area (Å²) in [4.78, 5) is 5.34. The van der Waals surface area contributed by atoms with Crippen molar-refractivity contribution in [3.05, 3.63) is 71.8 Å². The van der Waals surface area contributed by atoms with Gasteiger partial charge in [0.15, 0.2) is 0 Å². The van der Waals surface area contributed by atoms with E-state index >= 15 is 0 Å². The lowest BCUT2D eigenvalue weighted by Gasteiger charge is -2.53. The smallest absolute Gasteiger partial charge is 0.0647 e. The van der Waals surface area contributed by atoms with Crippen LogP contribution in [-0.2, 0) is 16.8 Å². The zero-order valence-corrected chi connectivity index (χ0v) is 16.7. The highest BCUT2D eigenvalue weighted by Crippen LogP contribution is 2.44. The number of hydrogen-bond donors (Lipinski definition) is 0. The minimum Gasteiger partial charge on any atom is -0.375 e. The lowest BCUT2D eigenvalue weighted by Crippen LogP contribution is -2.59. The minimum absolute atomic E-state index is 0.0741. The Balaban J connectivity index is 1.51. The molecule has 0 amide bonds. The Hall–Kier alpha value is -1.68. The summed E-state index contributed by atoms with van der Waals surface area (Å²) in [5, 5.41) is 0. The molecule has 2 heterocycles. The van der Waals surface area contributed by atoms with Crippen molar-refractivity contribution in [3.8, 4) is 0 Å². The molecule has 2 aliphatic heterocycles. The first-order valence-electron chi connectivity index (χ1n) is 10.3. The molecule has 27 heavy (non-hydrogen) atoms. The maximum absolute atomic E-state index is 6.10. The maximum atomic E-state index is 6.10. The van der Waals surface area contributed by atoms with E-state index in [4.69, 9.17) is 4.74 Å². The van der Waals surface area contributed by atoms with E-state index in [2.05, 4.69) is 84.3 Å². The molecule has 1 atom stereocenters. The summed E-state index contributed by atoms with van der Waals surface area (Å²) < 4.78 is 6.10. The molecule has 0 spiro atoms. The van der Waals surface area contributed by atoms with Crippen LogP contribution < -0.4 is 0 Å². The average Bonchev–Trinajstić information content (AvgIpc) is 2.69. The fraction of sp³-hybridized carbons (Fsp3) is 0.500. The number of ether oxygens (including phenoxy) is 1. The van der Waals surface area contributed by atoms with Gasteiger partial charge in [-0.1, -0.05) is 60.7 Å². The highest BCUT2D eigenvalue weighted by molar-refractivity contribution is 5.27. The Morgan fingerprint density at radius 1 is 0.852 bits per heavy atom. The third-order valence-electron chi connectivity index (χ3n) is 6.26. The quantitative estimate of drug-likeness (QED) is 0.805. The van der Waals surface area contributed by atoms with Crippen LogP contribution in [0.2, 0.25) is 0 Å². The molecular formula is C24H32N2O. The first kappa shape index (κ1) is 18.7. The van der Waals surface area contributed by atoms with Gasteiger partial charge in [-0.15, -0.1) is 0 Å². The molecule has 4 rings (SSSR count). The van der Waals surface area contributed by atoms with E-state index in [1.165, 1.54) is 11.1 Å². The fourth-order valence-electron chi connectivity index (χ4n) is 4.96. The van der Waals surface area contributed by atoms with Crippen molar-refractivity contribution in [2.45, 2.75) is 44.4 Å². The molecule has 0 aromatic heterocycles. The SMILES string of the molecule is CC1(C)CC(c2ccccc2)(N2CCN(Cc3ccccc3)CC2)CCO1. The van der Waals surface area contributed by atoms with E-state index in [9.17, 15) is 0 Å². The summed E-state index contributed by atoms with van der Waals surface area (Å²) in [6, 6.07) is 22.0. The van der Waals surface area contributed by atoms with Crippen LogP contribution in [0.4, 0.5) is 0 Å². The molecule has 3 nitrogen and oxygen atoms in total. The van der Waals surface area contributed by atoms with Gasteiger partial charge in [-0.05, 0) is 37.8 Å². The number of rotatable bonds is 4. The summed E-state index contributed by atoms with van der Waals surface area (Å²) in [5.74, 6) is 0. The van der Waals surface area contributed by atoms with Crippen LogP contribution in [0.15, 0.2) is 60.7 Å². The Labute approximate surface area is 163 Å². The highest BCUT2D eigenvalue weighted by atomic mass is 16.5. The van der Waals surface area contributed by atoms with E-state index in [0.717, 1.165) is 52.2 Å². The molecule has 0 bridgehead atoms. The van der Waals surface area contributed by atoms with E-state index < -0.39 is 0 Å².